The van der Waals surface area contributed by atoms with E-state index in [0.717, 1.165) is 0 Å². The lowest BCUT2D eigenvalue weighted by Gasteiger charge is -2.11. The molecule has 0 aliphatic heterocycles. The summed E-state index contributed by atoms with van der Waals surface area (Å²) < 4.78 is 43.4. The van der Waals surface area contributed by atoms with Gasteiger partial charge in [0.15, 0.2) is 6.61 Å². The zero-order valence-electron chi connectivity index (χ0n) is 17.1. The van der Waals surface area contributed by atoms with Crippen molar-refractivity contribution in [2.24, 2.45) is 0 Å². The molecule has 12 heteroatoms. The van der Waals surface area contributed by atoms with Crippen LogP contribution in [0.3, 0.4) is 0 Å². The van der Waals surface area contributed by atoms with Gasteiger partial charge in [0, 0.05) is 24.3 Å². The van der Waals surface area contributed by atoms with Gasteiger partial charge in [0.2, 0.25) is 5.91 Å². The van der Waals surface area contributed by atoms with Gasteiger partial charge >= 0.3 is 6.18 Å². The lowest BCUT2D eigenvalue weighted by molar-refractivity contribution is -0.153. The maximum atomic E-state index is 12.3. The maximum Gasteiger partial charge on any atom is 0.422 e. The first-order chi connectivity index (χ1) is 15.1. The Kier molecular flexibility index (Phi) is 7.26. The molecule has 0 unspecified atom stereocenters. The molecule has 3 heterocycles. The molecule has 0 aliphatic rings. The third kappa shape index (κ3) is 6.37. The lowest BCUT2D eigenvalue weighted by Crippen LogP contribution is -2.34. The summed E-state index contributed by atoms with van der Waals surface area (Å²) in [4.78, 5) is 20.5. The number of rotatable bonds is 9. The van der Waals surface area contributed by atoms with Crippen molar-refractivity contribution in [3.05, 3.63) is 47.7 Å². The van der Waals surface area contributed by atoms with Gasteiger partial charge in [0.05, 0.1) is 48.8 Å². The number of fused-ring (bicyclic) bond motifs is 1. The number of hydrogen-bond donors (Lipinski definition) is 3. The Morgan fingerprint density at radius 3 is 2.81 bits per heavy atom. The first kappa shape index (κ1) is 23.4. The molecule has 1 atom stereocenters. The third-order valence-electron chi connectivity index (χ3n) is 4.47. The average molecular weight is 453 g/mol. The highest BCUT2D eigenvalue weighted by Gasteiger charge is 2.28. The van der Waals surface area contributed by atoms with Crippen LogP contribution in [0.25, 0.3) is 10.9 Å². The van der Waals surface area contributed by atoms with Crippen LogP contribution in [-0.4, -0.2) is 67.9 Å². The molecular weight excluding hydrogens is 431 g/mol. The summed E-state index contributed by atoms with van der Waals surface area (Å²) in [6.45, 7) is -0.0297. The number of nitrogens with zero attached hydrogens (tertiary/aromatic N) is 4. The Balaban J connectivity index is 1.70. The number of carbonyl (C=O) groups excluding carboxylic acids is 1. The van der Waals surface area contributed by atoms with E-state index in [2.05, 4.69) is 20.4 Å². The van der Waals surface area contributed by atoms with Crippen LogP contribution in [0.5, 0.6) is 5.75 Å². The van der Waals surface area contributed by atoms with Gasteiger partial charge < -0.3 is 20.3 Å². The van der Waals surface area contributed by atoms with Crippen LogP contribution in [0.2, 0.25) is 0 Å². The van der Waals surface area contributed by atoms with E-state index >= 15 is 0 Å². The molecule has 0 bridgehead atoms. The second-order valence-corrected chi connectivity index (χ2v) is 7.18. The Morgan fingerprint density at radius 1 is 1.34 bits per heavy atom. The van der Waals surface area contributed by atoms with E-state index in [4.69, 9.17) is 9.84 Å². The third-order valence-corrected chi connectivity index (χ3v) is 4.47. The average Bonchev–Trinajstić information content (AvgIpc) is 3.14. The molecule has 3 aromatic heterocycles. The zero-order valence-corrected chi connectivity index (χ0v) is 17.1. The van der Waals surface area contributed by atoms with Crippen LogP contribution < -0.4 is 10.1 Å². The molecule has 9 nitrogen and oxygen atoms in total. The van der Waals surface area contributed by atoms with E-state index in [0.29, 0.717) is 27.9 Å². The number of pyridine rings is 2. The van der Waals surface area contributed by atoms with Gasteiger partial charge in [-0.25, -0.2) is 0 Å². The summed E-state index contributed by atoms with van der Waals surface area (Å²) in [5.74, 6) is -0.308. The molecule has 0 aromatic carbocycles. The quantitative estimate of drug-likeness (QED) is 0.444. The van der Waals surface area contributed by atoms with Crippen molar-refractivity contribution in [1.29, 1.82) is 0 Å². The predicted molar refractivity (Wildman–Crippen MR) is 107 cm³/mol. The van der Waals surface area contributed by atoms with Gasteiger partial charge in [-0.05, 0) is 24.6 Å². The largest absolute Gasteiger partial charge is 0.482 e. The zero-order chi connectivity index (χ0) is 23.3. The summed E-state index contributed by atoms with van der Waals surface area (Å²) >= 11 is 0. The molecule has 0 saturated carbocycles. The molecule has 0 fully saturated rings. The number of aryl methyl sites for hydroxylation is 1. The van der Waals surface area contributed by atoms with E-state index in [1.807, 2.05) is 0 Å². The fourth-order valence-electron chi connectivity index (χ4n) is 2.95. The van der Waals surface area contributed by atoms with Gasteiger partial charge in [-0.15, -0.1) is 0 Å². The second-order valence-electron chi connectivity index (χ2n) is 7.18. The van der Waals surface area contributed by atoms with E-state index < -0.39 is 25.5 Å². The smallest absolute Gasteiger partial charge is 0.422 e. The summed E-state index contributed by atoms with van der Waals surface area (Å²) in [5.41, 5.74) is 2.18. The minimum Gasteiger partial charge on any atom is -0.482 e. The Labute approximate surface area is 180 Å². The number of hydrogen-bond acceptors (Lipinski definition) is 7. The van der Waals surface area contributed by atoms with E-state index in [9.17, 15) is 23.1 Å². The molecular formula is C20H22F3N5O4. The molecule has 3 aromatic rings. The van der Waals surface area contributed by atoms with Crippen molar-refractivity contribution < 1.29 is 32.9 Å². The number of aromatic nitrogens is 4. The van der Waals surface area contributed by atoms with E-state index in [1.165, 1.54) is 12.4 Å². The van der Waals surface area contributed by atoms with Gasteiger partial charge in [0.1, 0.15) is 5.75 Å². The molecule has 1 amide bonds. The summed E-state index contributed by atoms with van der Waals surface area (Å²) in [7, 11) is 0. The standard InChI is InChI=1S/C20H22F3N5O4/c1-12-4-13(25-7-18(12)32-11-20(21,22)23)8-28-9-15-16(27-28)2-3-24-17(15)5-19(31)26-6-14(30)10-29/h2-4,7,9,14,29-30H,5-6,8,10-11H2,1H3,(H,26,31)/t14-/m0/s1. The molecule has 3 N–H and O–H groups in total. The molecule has 0 saturated heterocycles. The lowest BCUT2D eigenvalue weighted by atomic mass is 10.2. The van der Waals surface area contributed by atoms with Crippen molar-refractivity contribution in [2.45, 2.75) is 32.2 Å². The van der Waals surface area contributed by atoms with Gasteiger partial charge in [-0.1, -0.05) is 0 Å². The van der Waals surface area contributed by atoms with Crippen LogP contribution in [-0.2, 0) is 17.8 Å². The molecule has 0 radical (unpaired) electrons. The number of halogens is 3. The first-order valence-electron chi connectivity index (χ1n) is 9.66. The van der Waals surface area contributed by atoms with Crippen molar-refractivity contribution in [3.8, 4) is 5.75 Å². The number of amides is 1. The van der Waals surface area contributed by atoms with Crippen molar-refractivity contribution in [2.75, 3.05) is 19.8 Å². The minimum atomic E-state index is -4.43. The number of nitrogens with one attached hydrogen (secondary N) is 1. The van der Waals surface area contributed by atoms with E-state index in [-0.39, 0.29) is 31.2 Å². The van der Waals surface area contributed by atoms with Crippen molar-refractivity contribution in [3.63, 3.8) is 0 Å². The summed E-state index contributed by atoms with van der Waals surface area (Å²) in [6.07, 6.45) is -1.02. The van der Waals surface area contributed by atoms with E-state index in [1.54, 1.807) is 29.9 Å². The Bertz CT molecular complexity index is 1090. The van der Waals surface area contributed by atoms with Crippen LogP contribution >= 0.6 is 0 Å². The monoisotopic (exact) mass is 453 g/mol. The highest BCUT2D eigenvalue weighted by molar-refractivity contribution is 5.86. The molecule has 172 valence electrons. The SMILES string of the molecule is Cc1cc(Cn2cc3c(CC(=O)NC[C@H](O)CO)nccc3n2)ncc1OCC(F)(F)F. The fourth-order valence-corrected chi connectivity index (χ4v) is 2.95. The van der Waals surface area contributed by atoms with Crippen molar-refractivity contribution in [1.82, 2.24) is 25.1 Å². The minimum absolute atomic E-state index is 0.0379. The molecule has 32 heavy (non-hydrogen) atoms. The topological polar surface area (TPSA) is 122 Å². The predicted octanol–water partition coefficient (Wildman–Crippen LogP) is 1.14. The fraction of sp³-hybridized carbons (Fsp3) is 0.400. The van der Waals surface area contributed by atoms with Crippen LogP contribution in [0.15, 0.2) is 30.7 Å². The Hall–Kier alpha value is -3.25. The maximum absolute atomic E-state index is 12.3. The van der Waals surface area contributed by atoms with Gasteiger partial charge in [-0.3, -0.25) is 19.4 Å². The highest BCUT2D eigenvalue weighted by atomic mass is 19.4. The van der Waals surface area contributed by atoms with Gasteiger partial charge in [-0.2, -0.15) is 18.3 Å². The second kappa shape index (κ2) is 9.92. The molecule has 0 spiro atoms. The van der Waals surface area contributed by atoms with Crippen LogP contribution in [0, 0.1) is 6.92 Å². The molecule has 0 aliphatic carbocycles. The number of alkyl halides is 3. The van der Waals surface area contributed by atoms with Crippen molar-refractivity contribution >= 4 is 16.8 Å². The highest BCUT2D eigenvalue weighted by Crippen LogP contribution is 2.22. The summed E-state index contributed by atoms with van der Waals surface area (Å²) in [5, 5.41) is 25.8. The number of ether oxygens (including phenoxy) is 1. The van der Waals surface area contributed by atoms with Gasteiger partial charge in [0.25, 0.3) is 0 Å². The normalized spacial score (nSPS) is 12.7. The number of aliphatic hydroxyl groups excluding tert-OH is 2. The number of carbonyl (C=O) groups is 1. The summed E-state index contributed by atoms with van der Waals surface area (Å²) in [6, 6.07) is 3.31. The van der Waals surface area contributed by atoms with Crippen LogP contribution in [0.4, 0.5) is 13.2 Å². The Morgan fingerprint density at radius 2 is 2.12 bits per heavy atom. The number of aliphatic hydroxyl groups is 2. The van der Waals surface area contributed by atoms with Crippen LogP contribution in [0.1, 0.15) is 17.0 Å². The first-order valence-corrected chi connectivity index (χ1v) is 9.66. The molecule has 3 rings (SSSR count).